The van der Waals surface area contributed by atoms with Gasteiger partial charge in [-0.2, -0.15) is 0 Å². The summed E-state index contributed by atoms with van der Waals surface area (Å²) in [6.45, 7) is 9.25. The van der Waals surface area contributed by atoms with E-state index >= 15 is 0 Å². The van der Waals surface area contributed by atoms with E-state index in [0.29, 0.717) is 5.92 Å². The van der Waals surface area contributed by atoms with Crippen LogP contribution in [0, 0.1) is 5.92 Å². The second-order valence-corrected chi connectivity index (χ2v) is 8.80. The van der Waals surface area contributed by atoms with Gasteiger partial charge in [-0.3, -0.25) is 9.88 Å². The van der Waals surface area contributed by atoms with Crippen molar-refractivity contribution >= 4 is 22.4 Å². The van der Waals surface area contributed by atoms with Crippen LogP contribution in [-0.4, -0.2) is 59.9 Å². The SMILES string of the molecule is CC1C/C=C/N=C(Nc2cnc3ccccc3c2)C2=C1CN(CCN1CCCC1)C2. The van der Waals surface area contributed by atoms with Gasteiger partial charge in [0.1, 0.15) is 5.84 Å². The van der Waals surface area contributed by atoms with Crippen molar-refractivity contribution in [3.8, 4) is 0 Å². The molecule has 5 nitrogen and oxygen atoms in total. The Kier molecular flexibility index (Phi) is 5.65. The number of nitrogens with one attached hydrogen (secondary N) is 1. The lowest BCUT2D eigenvalue weighted by Crippen LogP contribution is -2.33. The molecule has 1 unspecified atom stereocenters. The van der Waals surface area contributed by atoms with Crippen LogP contribution in [0.5, 0.6) is 0 Å². The molecule has 156 valence electrons. The zero-order chi connectivity index (χ0) is 20.3. The quantitative estimate of drug-likeness (QED) is 0.829. The molecule has 1 aromatic carbocycles. The highest BCUT2D eigenvalue weighted by atomic mass is 15.2. The number of amidine groups is 1. The van der Waals surface area contributed by atoms with E-state index in [9.17, 15) is 0 Å². The predicted octanol–water partition coefficient (Wildman–Crippen LogP) is 4.31. The third-order valence-corrected chi connectivity index (χ3v) is 6.63. The zero-order valence-electron chi connectivity index (χ0n) is 17.8. The van der Waals surface area contributed by atoms with Crippen molar-refractivity contribution in [3.05, 3.63) is 60.0 Å². The first-order valence-electron chi connectivity index (χ1n) is 11.3. The third-order valence-electron chi connectivity index (χ3n) is 6.63. The molecule has 3 aliphatic rings. The summed E-state index contributed by atoms with van der Waals surface area (Å²) in [7, 11) is 0. The molecule has 0 saturated carbocycles. The number of anilines is 1. The fourth-order valence-corrected chi connectivity index (χ4v) is 4.84. The van der Waals surface area contributed by atoms with Crippen molar-refractivity contribution in [2.45, 2.75) is 26.2 Å². The number of aliphatic imine (C=N–C) groups is 1. The van der Waals surface area contributed by atoms with Crippen LogP contribution in [0.3, 0.4) is 0 Å². The summed E-state index contributed by atoms with van der Waals surface area (Å²) in [6.07, 6.45) is 9.85. The minimum Gasteiger partial charge on any atom is -0.339 e. The zero-order valence-corrected chi connectivity index (χ0v) is 17.8. The van der Waals surface area contributed by atoms with Gasteiger partial charge in [-0.05, 0) is 56.0 Å². The van der Waals surface area contributed by atoms with Gasteiger partial charge in [0.25, 0.3) is 0 Å². The molecule has 0 amide bonds. The number of benzene rings is 1. The fourth-order valence-electron chi connectivity index (χ4n) is 4.84. The van der Waals surface area contributed by atoms with Crippen LogP contribution in [0.4, 0.5) is 5.69 Å². The van der Waals surface area contributed by atoms with Gasteiger partial charge in [-0.15, -0.1) is 0 Å². The number of para-hydroxylation sites is 1. The molecule has 0 spiro atoms. The first kappa shape index (κ1) is 19.5. The van der Waals surface area contributed by atoms with Crippen LogP contribution >= 0.6 is 0 Å². The van der Waals surface area contributed by atoms with Gasteiger partial charge in [0, 0.05) is 43.3 Å². The maximum absolute atomic E-state index is 4.81. The lowest BCUT2D eigenvalue weighted by Gasteiger charge is -2.21. The molecular formula is C25H31N5. The van der Waals surface area contributed by atoms with Crippen molar-refractivity contribution in [1.82, 2.24) is 14.8 Å². The van der Waals surface area contributed by atoms with E-state index in [1.54, 1.807) is 5.57 Å². The number of hydrogen-bond donors (Lipinski definition) is 1. The topological polar surface area (TPSA) is 43.8 Å². The largest absolute Gasteiger partial charge is 0.339 e. The standard InChI is InChI=1S/C25H31N5/c1-19-7-6-10-26-25(28-21-15-20-8-2-3-9-24(20)27-16-21)23-18-30(17-22(19)23)14-13-29-11-4-5-12-29/h2-3,6,8-10,15-16,19H,4-5,7,11-14,17-18H2,1H3,(H,26,28)/b10-6+. The van der Waals surface area contributed by atoms with Gasteiger partial charge in [-0.25, -0.2) is 4.99 Å². The molecule has 5 heteroatoms. The van der Waals surface area contributed by atoms with Crippen LogP contribution in [0.25, 0.3) is 10.9 Å². The molecule has 1 fully saturated rings. The molecule has 1 aromatic heterocycles. The molecule has 0 aliphatic carbocycles. The van der Waals surface area contributed by atoms with Crippen LogP contribution in [0.1, 0.15) is 26.2 Å². The lowest BCUT2D eigenvalue weighted by molar-refractivity contribution is 0.259. The number of aromatic nitrogens is 1. The average molecular weight is 402 g/mol. The Morgan fingerprint density at radius 3 is 2.80 bits per heavy atom. The molecule has 1 atom stereocenters. The molecule has 1 saturated heterocycles. The van der Waals surface area contributed by atoms with E-state index in [4.69, 9.17) is 4.99 Å². The Bertz CT molecular complexity index is 1000. The van der Waals surface area contributed by atoms with E-state index < -0.39 is 0 Å². The lowest BCUT2D eigenvalue weighted by atomic mass is 9.93. The molecular weight excluding hydrogens is 370 g/mol. The fraction of sp³-hybridized carbons (Fsp3) is 0.440. The van der Waals surface area contributed by atoms with Crippen LogP contribution in [-0.2, 0) is 0 Å². The minimum atomic E-state index is 0.551. The molecule has 2 aromatic rings. The van der Waals surface area contributed by atoms with Crippen molar-refractivity contribution in [2.24, 2.45) is 10.9 Å². The Balaban J connectivity index is 1.35. The minimum absolute atomic E-state index is 0.551. The first-order valence-corrected chi connectivity index (χ1v) is 11.3. The van der Waals surface area contributed by atoms with Gasteiger partial charge < -0.3 is 10.2 Å². The maximum Gasteiger partial charge on any atom is 0.134 e. The number of likely N-dealkylation sites (tertiary alicyclic amines) is 1. The Labute approximate surface area is 179 Å². The first-order chi connectivity index (χ1) is 14.8. The van der Waals surface area contributed by atoms with Crippen molar-refractivity contribution in [2.75, 3.05) is 44.6 Å². The number of nitrogens with zero attached hydrogens (tertiary/aromatic N) is 4. The van der Waals surface area contributed by atoms with Gasteiger partial charge in [0.05, 0.1) is 17.4 Å². The van der Waals surface area contributed by atoms with E-state index in [1.165, 1.54) is 38.0 Å². The van der Waals surface area contributed by atoms with Gasteiger partial charge in [-0.1, -0.05) is 31.2 Å². The third kappa shape index (κ3) is 4.18. The van der Waals surface area contributed by atoms with Crippen LogP contribution in [0.15, 0.2) is 64.9 Å². The second kappa shape index (κ2) is 8.70. The molecule has 5 rings (SSSR count). The van der Waals surface area contributed by atoms with Gasteiger partial charge in [0.15, 0.2) is 0 Å². The molecule has 3 aliphatic heterocycles. The molecule has 0 radical (unpaired) electrons. The number of hydrogen-bond acceptors (Lipinski definition) is 5. The van der Waals surface area contributed by atoms with E-state index in [1.807, 2.05) is 24.5 Å². The summed E-state index contributed by atoms with van der Waals surface area (Å²) in [5.41, 5.74) is 4.93. The number of rotatable bonds is 4. The predicted molar refractivity (Wildman–Crippen MR) is 125 cm³/mol. The molecule has 4 heterocycles. The normalized spacial score (nSPS) is 23.9. The smallest absolute Gasteiger partial charge is 0.134 e. The Morgan fingerprint density at radius 2 is 1.90 bits per heavy atom. The Hall–Kier alpha value is -2.50. The second-order valence-electron chi connectivity index (χ2n) is 8.80. The number of pyridine rings is 1. The Morgan fingerprint density at radius 1 is 1.07 bits per heavy atom. The summed E-state index contributed by atoms with van der Waals surface area (Å²) in [6, 6.07) is 10.4. The van der Waals surface area contributed by atoms with Crippen LogP contribution in [0.2, 0.25) is 0 Å². The summed E-state index contributed by atoms with van der Waals surface area (Å²) < 4.78 is 0. The van der Waals surface area contributed by atoms with Crippen LogP contribution < -0.4 is 5.32 Å². The van der Waals surface area contributed by atoms with E-state index in [0.717, 1.165) is 48.5 Å². The van der Waals surface area contributed by atoms with Gasteiger partial charge in [0.2, 0.25) is 0 Å². The summed E-state index contributed by atoms with van der Waals surface area (Å²) in [4.78, 5) is 14.6. The molecule has 1 N–H and O–H groups in total. The summed E-state index contributed by atoms with van der Waals surface area (Å²) in [5.74, 6) is 1.53. The highest BCUT2D eigenvalue weighted by Gasteiger charge is 2.29. The maximum atomic E-state index is 4.81. The van der Waals surface area contributed by atoms with Crippen molar-refractivity contribution in [3.63, 3.8) is 0 Å². The molecule has 30 heavy (non-hydrogen) atoms. The van der Waals surface area contributed by atoms with Crippen molar-refractivity contribution < 1.29 is 0 Å². The van der Waals surface area contributed by atoms with Crippen molar-refractivity contribution in [1.29, 1.82) is 0 Å². The highest BCUT2D eigenvalue weighted by Crippen LogP contribution is 2.30. The average Bonchev–Trinajstić information content (AvgIpc) is 3.43. The summed E-state index contributed by atoms with van der Waals surface area (Å²) in [5, 5.41) is 4.74. The van der Waals surface area contributed by atoms with Gasteiger partial charge >= 0.3 is 0 Å². The number of fused-ring (bicyclic) bond motifs is 1. The summed E-state index contributed by atoms with van der Waals surface area (Å²) >= 11 is 0. The van der Waals surface area contributed by atoms with E-state index in [2.05, 4.69) is 51.3 Å². The molecule has 0 bridgehead atoms. The monoisotopic (exact) mass is 401 g/mol. The van der Waals surface area contributed by atoms with E-state index in [-0.39, 0.29) is 0 Å². The number of allylic oxidation sites excluding steroid dienone is 1. The highest BCUT2D eigenvalue weighted by molar-refractivity contribution is 6.10.